The largest absolute Gasteiger partial charge is 0.325 e. The Hall–Kier alpha value is -1.86. The highest BCUT2D eigenvalue weighted by Crippen LogP contribution is 2.17. The molecule has 0 saturated heterocycles. The van der Waals surface area contributed by atoms with E-state index in [1.165, 1.54) is 11.8 Å². The van der Waals surface area contributed by atoms with E-state index in [2.05, 4.69) is 15.5 Å². The Kier molecular flexibility index (Phi) is 4.75. The summed E-state index contributed by atoms with van der Waals surface area (Å²) in [6.07, 6.45) is 0. The summed E-state index contributed by atoms with van der Waals surface area (Å²) in [5.74, 6) is 0.915. The van der Waals surface area contributed by atoms with Crippen molar-refractivity contribution in [1.29, 1.82) is 0 Å². The lowest BCUT2D eigenvalue weighted by Crippen LogP contribution is -2.15. The van der Waals surface area contributed by atoms with E-state index in [1.54, 1.807) is 4.57 Å². The molecule has 106 valence electrons. The van der Waals surface area contributed by atoms with Gasteiger partial charge in [0, 0.05) is 12.7 Å². The van der Waals surface area contributed by atoms with Crippen molar-refractivity contribution in [2.75, 3.05) is 11.1 Å². The maximum absolute atomic E-state index is 11.9. The van der Waals surface area contributed by atoms with Crippen molar-refractivity contribution in [2.45, 2.75) is 18.6 Å². The summed E-state index contributed by atoms with van der Waals surface area (Å²) in [5, 5.41) is 11.5. The molecule has 0 bridgehead atoms. The highest BCUT2D eigenvalue weighted by molar-refractivity contribution is 7.99. The van der Waals surface area contributed by atoms with Gasteiger partial charge < -0.3 is 15.6 Å². The van der Waals surface area contributed by atoms with Gasteiger partial charge in [-0.05, 0) is 18.6 Å². The lowest BCUT2D eigenvalue weighted by Gasteiger charge is -2.07. The summed E-state index contributed by atoms with van der Waals surface area (Å²) in [4.78, 5) is 11.9. The number of aromatic nitrogens is 3. The van der Waals surface area contributed by atoms with Crippen LogP contribution in [0.5, 0.6) is 0 Å². The minimum absolute atomic E-state index is 0.0680. The molecule has 20 heavy (non-hydrogen) atoms. The number of carbonyl (C=O) groups is 1. The fraction of sp³-hybridized carbons (Fsp3) is 0.308. The Morgan fingerprint density at radius 1 is 1.40 bits per heavy atom. The van der Waals surface area contributed by atoms with Gasteiger partial charge in [-0.1, -0.05) is 30.0 Å². The maximum atomic E-state index is 11.9. The molecule has 1 aromatic heterocycles. The number of nitrogens with two attached hydrogens (primary N) is 1. The molecule has 2 aromatic rings. The third-order valence-electron chi connectivity index (χ3n) is 2.86. The SMILES string of the molecule is Cc1ccccc1NC(=O)CSc1nnc(CN)n1C. The van der Waals surface area contributed by atoms with Crippen LogP contribution in [0, 0.1) is 6.92 Å². The zero-order chi connectivity index (χ0) is 14.5. The lowest BCUT2D eigenvalue weighted by atomic mass is 10.2. The molecule has 0 unspecified atom stereocenters. The molecule has 7 heteroatoms. The van der Waals surface area contributed by atoms with E-state index in [9.17, 15) is 4.79 Å². The topological polar surface area (TPSA) is 85.8 Å². The van der Waals surface area contributed by atoms with Crippen LogP contribution < -0.4 is 11.1 Å². The minimum atomic E-state index is -0.0680. The van der Waals surface area contributed by atoms with Crippen LogP contribution in [0.25, 0.3) is 0 Å². The van der Waals surface area contributed by atoms with Crippen LogP contribution in [0.4, 0.5) is 5.69 Å². The third-order valence-corrected chi connectivity index (χ3v) is 3.88. The second-order valence-corrected chi connectivity index (χ2v) is 5.26. The maximum Gasteiger partial charge on any atom is 0.234 e. The van der Waals surface area contributed by atoms with Crippen molar-refractivity contribution in [3.63, 3.8) is 0 Å². The van der Waals surface area contributed by atoms with Gasteiger partial charge in [-0.2, -0.15) is 0 Å². The van der Waals surface area contributed by atoms with Gasteiger partial charge in [-0.15, -0.1) is 10.2 Å². The van der Waals surface area contributed by atoms with Gasteiger partial charge >= 0.3 is 0 Å². The molecule has 0 saturated carbocycles. The zero-order valence-corrected chi connectivity index (χ0v) is 12.3. The number of rotatable bonds is 5. The predicted octanol–water partition coefficient (Wildman–Crippen LogP) is 1.31. The van der Waals surface area contributed by atoms with Gasteiger partial charge in [-0.25, -0.2) is 0 Å². The Morgan fingerprint density at radius 2 is 2.15 bits per heavy atom. The number of hydrogen-bond donors (Lipinski definition) is 2. The number of thioether (sulfide) groups is 1. The predicted molar refractivity (Wildman–Crippen MR) is 79.4 cm³/mol. The number of hydrogen-bond acceptors (Lipinski definition) is 5. The van der Waals surface area contributed by atoms with Crippen molar-refractivity contribution < 1.29 is 4.79 Å². The molecular formula is C13H17N5OS. The molecule has 0 atom stereocenters. The normalized spacial score (nSPS) is 10.6. The van der Waals surface area contributed by atoms with Crippen molar-refractivity contribution in [2.24, 2.45) is 12.8 Å². The first kappa shape index (κ1) is 14.5. The van der Waals surface area contributed by atoms with Crippen molar-refractivity contribution in [3.05, 3.63) is 35.7 Å². The average Bonchev–Trinajstić information content (AvgIpc) is 2.79. The van der Waals surface area contributed by atoms with Gasteiger partial charge in [0.25, 0.3) is 0 Å². The Bertz CT molecular complexity index is 611. The van der Waals surface area contributed by atoms with E-state index < -0.39 is 0 Å². The average molecular weight is 291 g/mol. The number of benzene rings is 1. The van der Waals surface area contributed by atoms with Crippen LogP contribution in [0.3, 0.4) is 0 Å². The highest BCUT2D eigenvalue weighted by Gasteiger charge is 2.11. The highest BCUT2D eigenvalue weighted by atomic mass is 32.2. The smallest absolute Gasteiger partial charge is 0.234 e. The molecule has 0 aliphatic heterocycles. The molecule has 0 aliphatic rings. The van der Waals surface area contributed by atoms with Crippen molar-refractivity contribution in [1.82, 2.24) is 14.8 Å². The van der Waals surface area contributed by atoms with Crippen LogP contribution in [0.15, 0.2) is 29.4 Å². The second-order valence-electron chi connectivity index (χ2n) is 4.31. The summed E-state index contributed by atoms with van der Waals surface area (Å²) >= 11 is 1.34. The van der Waals surface area contributed by atoms with E-state index in [4.69, 9.17) is 5.73 Å². The summed E-state index contributed by atoms with van der Waals surface area (Å²) in [5.41, 5.74) is 7.40. The van der Waals surface area contributed by atoms with E-state index in [1.807, 2.05) is 38.2 Å². The molecule has 0 fully saturated rings. The molecule has 3 N–H and O–H groups in total. The van der Waals surface area contributed by atoms with E-state index in [0.717, 1.165) is 11.3 Å². The number of amides is 1. The minimum Gasteiger partial charge on any atom is -0.325 e. The number of aryl methyl sites for hydroxylation is 1. The first-order valence-corrected chi connectivity index (χ1v) is 7.17. The van der Waals surface area contributed by atoms with Crippen molar-refractivity contribution in [3.8, 4) is 0 Å². The zero-order valence-electron chi connectivity index (χ0n) is 11.5. The number of anilines is 1. The quantitative estimate of drug-likeness (QED) is 0.811. The molecule has 2 rings (SSSR count). The van der Waals surface area contributed by atoms with Crippen LogP contribution in [0.1, 0.15) is 11.4 Å². The molecule has 1 aromatic carbocycles. The Balaban J connectivity index is 1.92. The fourth-order valence-electron chi connectivity index (χ4n) is 1.68. The van der Waals surface area contributed by atoms with Crippen molar-refractivity contribution >= 4 is 23.4 Å². The second kappa shape index (κ2) is 6.53. The van der Waals surface area contributed by atoms with Gasteiger partial charge in [0.05, 0.1) is 12.3 Å². The number of carbonyl (C=O) groups excluding carboxylic acids is 1. The summed E-state index contributed by atoms with van der Waals surface area (Å²) in [6, 6.07) is 7.67. The molecule has 1 heterocycles. The third kappa shape index (κ3) is 3.37. The molecule has 6 nitrogen and oxygen atoms in total. The van der Waals surface area contributed by atoms with E-state index in [-0.39, 0.29) is 11.7 Å². The summed E-state index contributed by atoms with van der Waals surface area (Å²) in [7, 11) is 1.84. The lowest BCUT2D eigenvalue weighted by molar-refractivity contribution is -0.113. The molecule has 0 radical (unpaired) electrons. The Labute approximate surface area is 121 Å². The van der Waals surface area contributed by atoms with E-state index in [0.29, 0.717) is 17.5 Å². The molecule has 1 amide bonds. The number of nitrogens with one attached hydrogen (secondary N) is 1. The number of nitrogens with zero attached hydrogens (tertiary/aromatic N) is 3. The van der Waals surface area contributed by atoms with Crippen LogP contribution >= 0.6 is 11.8 Å². The van der Waals surface area contributed by atoms with Gasteiger partial charge in [0.15, 0.2) is 5.16 Å². The van der Waals surface area contributed by atoms with Crippen LogP contribution in [0.2, 0.25) is 0 Å². The van der Waals surface area contributed by atoms with Gasteiger partial charge in [-0.3, -0.25) is 4.79 Å². The first-order chi connectivity index (χ1) is 9.61. The van der Waals surface area contributed by atoms with Gasteiger partial charge in [0.2, 0.25) is 5.91 Å². The number of para-hydroxylation sites is 1. The van der Waals surface area contributed by atoms with Crippen LogP contribution in [-0.2, 0) is 18.4 Å². The fourth-order valence-corrected chi connectivity index (χ4v) is 2.41. The molecular weight excluding hydrogens is 274 g/mol. The molecule has 0 aliphatic carbocycles. The summed E-state index contributed by atoms with van der Waals surface area (Å²) in [6.45, 7) is 2.29. The summed E-state index contributed by atoms with van der Waals surface area (Å²) < 4.78 is 1.80. The molecule has 0 spiro atoms. The van der Waals surface area contributed by atoms with Crippen LogP contribution in [-0.4, -0.2) is 26.4 Å². The first-order valence-electron chi connectivity index (χ1n) is 6.18. The van der Waals surface area contributed by atoms with Gasteiger partial charge in [0.1, 0.15) is 5.82 Å². The monoisotopic (exact) mass is 291 g/mol. The van der Waals surface area contributed by atoms with E-state index >= 15 is 0 Å². The standard InChI is InChI=1S/C13H17N5OS/c1-9-5-3-4-6-10(9)15-12(19)8-20-13-17-16-11(7-14)18(13)2/h3-6H,7-8,14H2,1-2H3,(H,15,19). The Morgan fingerprint density at radius 3 is 2.80 bits per heavy atom.